The first-order valence-electron chi connectivity index (χ1n) is 6.53. The number of hydrogen-bond donors (Lipinski definition) is 2. The van der Waals surface area contributed by atoms with Crippen LogP contribution in [-0.2, 0) is 6.54 Å². The van der Waals surface area contributed by atoms with E-state index in [1.807, 2.05) is 36.4 Å². The van der Waals surface area contributed by atoms with Crippen LogP contribution >= 0.6 is 23.4 Å². The third-order valence-electron chi connectivity index (χ3n) is 2.65. The summed E-state index contributed by atoms with van der Waals surface area (Å²) in [5, 5.41) is 6.33. The van der Waals surface area contributed by atoms with Gasteiger partial charge >= 0.3 is 6.03 Å². The SMILES string of the molecule is O=C(NCCSc1ccc(Cl)cc1)NCc1cccnc1. The number of thioether (sulfide) groups is 1. The van der Waals surface area contributed by atoms with Crippen LogP contribution in [-0.4, -0.2) is 23.3 Å². The molecule has 0 fully saturated rings. The molecule has 21 heavy (non-hydrogen) atoms. The Morgan fingerprint density at radius 2 is 2.00 bits per heavy atom. The molecular formula is C15H16ClN3OS. The summed E-state index contributed by atoms with van der Waals surface area (Å²) in [6.45, 7) is 1.08. The van der Waals surface area contributed by atoms with Crippen LogP contribution in [0.2, 0.25) is 5.02 Å². The van der Waals surface area contributed by atoms with Gasteiger partial charge in [-0.15, -0.1) is 11.8 Å². The second-order valence-corrected chi connectivity index (χ2v) is 5.88. The molecule has 0 bridgehead atoms. The second kappa shape index (κ2) is 8.54. The van der Waals surface area contributed by atoms with Gasteiger partial charge in [-0.1, -0.05) is 17.7 Å². The van der Waals surface area contributed by atoms with Gasteiger partial charge in [-0.2, -0.15) is 0 Å². The molecular weight excluding hydrogens is 306 g/mol. The van der Waals surface area contributed by atoms with Gasteiger partial charge in [0.15, 0.2) is 0 Å². The van der Waals surface area contributed by atoms with Crippen molar-refractivity contribution in [2.24, 2.45) is 0 Å². The Balaban J connectivity index is 1.60. The number of nitrogens with zero attached hydrogens (tertiary/aromatic N) is 1. The summed E-state index contributed by atoms with van der Waals surface area (Å²) in [7, 11) is 0. The Kier molecular flexibility index (Phi) is 6.37. The zero-order valence-corrected chi connectivity index (χ0v) is 13.0. The van der Waals surface area contributed by atoms with Gasteiger partial charge in [-0.3, -0.25) is 4.98 Å². The number of hydrogen-bond acceptors (Lipinski definition) is 3. The average Bonchev–Trinajstić information content (AvgIpc) is 2.52. The standard InChI is InChI=1S/C15H16ClN3OS/c16-13-3-5-14(6-4-13)21-9-8-18-15(20)19-11-12-2-1-7-17-10-12/h1-7,10H,8-9,11H2,(H2,18,19,20). The van der Waals surface area contributed by atoms with Crippen molar-refractivity contribution < 1.29 is 4.79 Å². The summed E-state index contributed by atoms with van der Waals surface area (Å²) in [5.41, 5.74) is 0.975. The molecule has 4 nitrogen and oxygen atoms in total. The number of urea groups is 1. The predicted octanol–water partition coefficient (Wildman–Crippen LogP) is 3.33. The molecule has 0 aliphatic heterocycles. The van der Waals surface area contributed by atoms with E-state index in [4.69, 9.17) is 11.6 Å². The van der Waals surface area contributed by atoms with Crippen LogP contribution in [0.15, 0.2) is 53.7 Å². The van der Waals surface area contributed by atoms with Gasteiger partial charge in [0.25, 0.3) is 0 Å². The van der Waals surface area contributed by atoms with E-state index in [2.05, 4.69) is 15.6 Å². The summed E-state index contributed by atoms with van der Waals surface area (Å²) in [6, 6.07) is 11.2. The maximum absolute atomic E-state index is 11.6. The van der Waals surface area contributed by atoms with Gasteiger partial charge in [0, 0.05) is 41.2 Å². The van der Waals surface area contributed by atoms with Crippen molar-refractivity contribution in [2.75, 3.05) is 12.3 Å². The predicted molar refractivity (Wildman–Crippen MR) is 86.7 cm³/mol. The Morgan fingerprint density at radius 3 is 2.71 bits per heavy atom. The summed E-state index contributed by atoms with van der Waals surface area (Å²) in [6.07, 6.45) is 3.44. The minimum absolute atomic E-state index is 0.171. The third kappa shape index (κ3) is 6.06. The molecule has 1 aromatic carbocycles. The minimum Gasteiger partial charge on any atom is -0.337 e. The molecule has 0 aliphatic rings. The third-order valence-corrected chi connectivity index (χ3v) is 3.91. The van der Waals surface area contributed by atoms with Crippen molar-refractivity contribution in [3.8, 4) is 0 Å². The summed E-state index contributed by atoms with van der Waals surface area (Å²) in [5.74, 6) is 0.807. The van der Waals surface area contributed by atoms with Gasteiger partial charge in [-0.05, 0) is 35.9 Å². The molecule has 0 radical (unpaired) electrons. The summed E-state index contributed by atoms with van der Waals surface area (Å²) < 4.78 is 0. The van der Waals surface area contributed by atoms with Crippen molar-refractivity contribution in [2.45, 2.75) is 11.4 Å². The molecule has 0 saturated carbocycles. The molecule has 2 aromatic rings. The van der Waals surface area contributed by atoms with E-state index in [-0.39, 0.29) is 6.03 Å². The van der Waals surface area contributed by atoms with Crippen LogP contribution in [0.5, 0.6) is 0 Å². The first kappa shape index (κ1) is 15.7. The van der Waals surface area contributed by atoms with Gasteiger partial charge < -0.3 is 10.6 Å². The fourth-order valence-electron chi connectivity index (χ4n) is 1.61. The highest BCUT2D eigenvalue weighted by Gasteiger charge is 2.00. The molecule has 1 aromatic heterocycles. The van der Waals surface area contributed by atoms with Crippen LogP contribution in [0.3, 0.4) is 0 Å². The molecule has 0 saturated heterocycles. The highest BCUT2D eigenvalue weighted by molar-refractivity contribution is 7.99. The maximum Gasteiger partial charge on any atom is 0.315 e. The van der Waals surface area contributed by atoms with Crippen molar-refractivity contribution >= 4 is 29.4 Å². The largest absolute Gasteiger partial charge is 0.337 e. The van der Waals surface area contributed by atoms with Crippen molar-refractivity contribution in [3.05, 3.63) is 59.4 Å². The zero-order valence-electron chi connectivity index (χ0n) is 11.4. The lowest BCUT2D eigenvalue weighted by atomic mass is 10.3. The molecule has 2 rings (SSSR count). The molecule has 0 aliphatic carbocycles. The number of benzene rings is 1. The minimum atomic E-state index is -0.171. The van der Waals surface area contributed by atoms with E-state index in [1.165, 1.54) is 0 Å². The number of rotatable bonds is 6. The van der Waals surface area contributed by atoms with Crippen LogP contribution in [0, 0.1) is 0 Å². The van der Waals surface area contributed by atoms with Gasteiger partial charge in [0.05, 0.1) is 0 Å². The first-order valence-corrected chi connectivity index (χ1v) is 7.89. The highest BCUT2D eigenvalue weighted by atomic mass is 35.5. The fraction of sp³-hybridized carbons (Fsp3) is 0.200. The number of pyridine rings is 1. The van der Waals surface area contributed by atoms with Crippen LogP contribution in [0.4, 0.5) is 4.79 Å². The van der Waals surface area contributed by atoms with E-state index in [1.54, 1.807) is 24.2 Å². The molecule has 0 unspecified atom stereocenters. The molecule has 2 N–H and O–H groups in total. The monoisotopic (exact) mass is 321 g/mol. The number of amides is 2. The average molecular weight is 322 g/mol. The Hall–Kier alpha value is -1.72. The Morgan fingerprint density at radius 1 is 1.19 bits per heavy atom. The Labute approximate surface area is 133 Å². The maximum atomic E-state index is 11.6. The van der Waals surface area contributed by atoms with E-state index >= 15 is 0 Å². The van der Waals surface area contributed by atoms with Crippen LogP contribution < -0.4 is 10.6 Å². The number of nitrogens with one attached hydrogen (secondary N) is 2. The smallest absolute Gasteiger partial charge is 0.315 e. The van der Waals surface area contributed by atoms with Crippen molar-refractivity contribution in [1.82, 2.24) is 15.6 Å². The number of carbonyl (C=O) groups excluding carboxylic acids is 1. The summed E-state index contributed by atoms with van der Waals surface area (Å²) >= 11 is 7.50. The number of halogens is 1. The lowest BCUT2D eigenvalue weighted by Crippen LogP contribution is -2.36. The van der Waals surface area contributed by atoms with Crippen LogP contribution in [0.1, 0.15) is 5.56 Å². The van der Waals surface area contributed by atoms with E-state index in [0.717, 1.165) is 21.2 Å². The first-order chi connectivity index (χ1) is 10.2. The van der Waals surface area contributed by atoms with Gasteiger partial charge in [-0.25, -0.2) is 4.79 Å². The highest BCUT2D eigenvalue weighted by Crippen LogP contribution is 2.19. The number of carbonyl (C=O) groups is 1. The van der Waals surface area contributed by atoms with E-state index in [0.29, 0.717) is 13.1 Å². The van der Waals surface area contributed by atoms with Gasteiger partial charge in [0.2, 0.25) is 0 Å². The normalized spacial score (nSPS) is 10.1. The second-order valence-electron chi connectivity index (χ2n) is 4.27. The van der Waals surface area contributed by atoms with E-state index in [9.17, 15) is 4.79 Å². The van der Waals surface area contributed by atoms with Gasteiger partial charge in [0.1, 0.15) is 0 Å². The van der Waals surface area contributed by atoms with Crippen LogP contribution in [0.25, 0.3) is 0 Å². The quantitative estimate of drug-likeness (QED) is 0.634. The lowest BCUT2D eigenvalue weighted by molar-refractivity contribution is 0.241. The fourth-order valence-corrected chi connectivity index (χ4v) is 2.51. The molecule has 0 atom stereocenters. The topological polar surface area (TPSA) is 54.0 Å². The molecule has 1 heterocycles. The zero-order chi connectivity index (χ0) is 14.9. The number of aromatic nitrogens is 1. The molecule has 0 spiro atoms. The molecule has 6 heteroatoms. The summed E-state index contributed by atoms with van der Waals surface area (Å²) in [4.78, 5) is 16.7. The molecule has 2 amide bonds. The van der Waals surface area contributed by atoms with E-state index < -0.39 is 0 Å². The molecule has 110 valence electrons. The van der Waals surface area contributed by atoms with Crippen molar-refractivity contribution in [1.29, 1.82) is 0 Å². The van der Waals surface area contributed by atoms with Crippen molar-refractivity contribution in [3.63, 3.8) is 0 Å². The Bertz CT molecular complexity index is 563. The lowest BCUT2D eigenvalue weighted by Gasteiger charge is -2.07.